The van der Waals surface area contributed by atoms with Gasteiger partial charge in [-0.25, -0.2) is 4.98 Å². The van der Waals surface area contributed by atoms with E-state index in [4.69, 9.17) is 9.47 Å². The molecule has 1 aliphatic rings. The third-order valence-electron chi connectivity index (χ3n) is 3.29. The molecule has 0 spiro atoms. The molecule has 0 bridgehead atoms. The number of rotatable bonds is 4. The SMILES string of the molecule is c1ccc(O[C@H]2CCC[C@H](Cn3ccnc3)O2)cc1. The average Bonchev–Trinajstić information content (AvgIpc) is 2.93. The maximum Gasteiger partial charge on any atom is 0.200 e. The van der Waals surface area contributed by atoms with Crippen molar-refractivity contribution in [3.05, 3.63) is 49.1 Å². The van der Waals surface area contributed by atoms with Crippen LogP contribution in [0.3, 0.4) is 0 Å². The Morgan fingerprint density at radius 3 is 2.95 bits per heavy atom. The summed E-state index contributed by atoms with van der Waals surface area (Å²) in [7, 11) is 0. The number of nitrogens with zero attached hydrogens (tertiary/aromatic N) is 2. The molecule has 1 aliphatic heterocycles. The zero-order valence-corrected chi connectivity index (χ0v) is 10.8. The van der Waals surface area contributed by atoms with Crippen LogP contribution >= 0.6 is 0 Å². The highest BCUT2D eigenvalue weighted by molar-refractivity contribution is 5.21. The molecule has 1 saturated heterocycles. The van der Waals surface area contributed by atoms with Gasteiger partial charge in [0.25, 0.3) is 0 Å². The lowest BCUT2D eigenvalue weighted by Crippen LogP contribution is -2.34. The van der Waals surface area contributed by atoms with Crippen molar-refractivity contribution in [3.63, 3.8) is 0 Å². The summed E-state index contributed by atoms with van der Waals surface area (Å²) in [6.45, 7) is 0.842. The van der Waals surface area contributed by atoms with Crippen LogP contribution in [0.1, 0.15) is 19.3 Å². The summed E-state index contributed by atoms with van der Waals surface area (Å²) in [6, 6.07) is 9.85. The molecule has 0 unspecified atom stereocenters. The first-order valence-electron chi connectivity index (χ1n) is 6.73. The predicted molar refractivity (Wildman–Crippen MR) is 71.8 cm³/mol. The van der Waals surface area contributed by atoms with Gasteiger partial charge in [-0.1, -0.05) is 18.2 Å². The van der Waals surface area contributed by atoms with Gasteiger partial charge < -0.3 is 14.0 Å². The van der Waals surface area contributed by atoms with Gasteiger partial charge in [0.1, 0.15) is 5.75 Å². The van der Waals surface area contributed by atoms with Gasteiger partial charge in [0, 0.05) is 25.4 Å². The van der Waals surface area contributed by atoms with Crippen molar-refractivity contribution in [1.82, 2.24) is 9.55 Å². The molecule has 1 fully saturated rings. The molecular formula is C15H18N2O2. The van der Waals surface area contributed by atoms with E-state index in [1.807, 2.05) is 42.9 Å². The molecule has 0 saturated carbocycles. The van der Waals surface area contributed by atoms with Gasteiger partial charge in [0.15, 0.2) is 6.29 Å². The Balaban J connectivity index is 1.56. The normalized spacial score (nSPS) is 23.2. The largest absolute Gasteiger partial charge is 0.465 e. The predicted octanol–water partition coefficient (Wildman–Crippen LogP) is 2.86. The summed E-state index contributed by atoms with van der Waals surface area (Å²) in [6.07, 6.45) is 8.82. The Hall–Kier alpha value is -1.81. The molecule has 0 N–H and O–H groups in total. The average molecular weight is 258 g/mol. The maximum atomic E-state index is 5.99. The first-order chi connectivity index (χ1) is 9.40. The van der Waals surface area contributed by atoms with Crippen LogP contribution in [0.15, 0.2) is 49.1 Å². The molecule has 0 aliphatic carbocycles. The van der Waals surface area contributed by atoms with Crippen LogP contribution in [0.5, 0.6) is 5.75 Å². The number of hydrogen-bond acceptors (Lipinski definition) is 3. The molecule has 100 valence electrons. The number of ether oxygens (including phenoxy) is 2. The molecule has 19 heavy (non-hydrogen) atoms. The Labute approximate surface area is 113 Å². The number of para-hydroxylation sites is 1. The quantitative estimate of drug-likeness (QED) is 0.846. The second-order valence-electron chi connectivity index (χ2n) is 4.81. The summed E-state index contributed by atoms with van der Waals surface area (Å²) >= 11 is 0. The van der Waals surface area contributed by atoms with E-state index in [0.717, 1.165) is 31.6 Å². The van der Waals surface area contributed by atoms with Crippen LogP contribution < -0.4 is 4.74 Å². The topological polar surface area (TPSA) is 36.3 Å². The van der Waals surface area contributed by atoms with Crippen molar-refractivity contribution < 1.29 is 9.47 Å². The van der Waals surface area contributed by atoms with Gasteiger partial charge in [-0.3, -0.25) is 0 Å². The van der Waals surface area contributed by atoms with E-state index in [2.05, 4.69) is 9.55 Å². The Morgan fingerprint density at radius 2 is 2.16 bits per heavy atom. The molecule has 0 amide bonds. The van der Waals surface area contributed by atoms with Gasteiger partial charge >= 0.3 is 0 Å². The maximum absolute atomic E-state index is 5.99. The third kappa shape index (κ3) is 3.35. The molecule has 2 heterocycles. The third-order valence-corrected chi connectivity index (χ3v) is 3.29. The smallest absolute Gasteiger partial charge is 0.200 e. The van der Waals surface area contributed by atoms with E-state index in [9.17, 15) is 0 Å². The number of hydrogen-bond donors (Lipinski definition) is 0. The number of imidazole rings is 1. The van der Waals surface area contributed by atoms with Gasteiger partial charge in [-0.15, -0.1) is 0 Å². The molecular weight excluding hydrogens is 240 g/mol. The minimum Gasteiger partial charge on any atom is -0.465 e. The molecule has 4 heteroatoms. The zero-order valence-electron chi connectivity index (χ0n) is 10.8. The van der Waals surface area contributed by atoms with Gasteiger partial charge in [-0.2, -0.15) is 0 Å². The zero-order chi connectivity index (χ0) is 12.9. The van der Waals surface area contributed by atoms with Crippen LogP contribution in [-0.4, -0.2) is 21.9 Å². The highest BCUT2D eigenvalue weighted by Crippen LogP contribution is 2.23. The summed E-state index contributed by atoms with van der Waals surface area (Å²) in [4.78, 5) is 4.05. The Morgan fingerprint density at radius 1 is 1.26 bits per heavy atom. The van der Waals surface area contributed by atoms with Crippen molar-refractivity contribution in [2.75, 3.05) is 0 Å². The van der Waals surface area contributed by atoms with Gasteiger partial charge in [0.05, 0.1) is 12.4 Å². The number of aromatic nitrogens is 2. The van der Waals surface area contributed by atoms with E-state index in [0.29, 0.717) is 0 Å². The Kier molecular flexibility index (Phi) is 3.79. The van der Waals surface area contributed by atoms with Crippen LogP contribution in [0.2, 0.25) is 0 Å². The lowest BCUT2D eigenvalue weighted by atomic mass is 10.1. The van der Waals surface area contributed by atoms with Gasteiger partial charge in [-0.05, 0) is 25.0 Å². The van der Waals surface area contributed by atoms with Crippen LogP contribution in [0.25, 0.3) is 0 Å². The van der Waals surface area contributed by atoms with Crippen molar-refractivity contribution in [3.8, 4) is 5.75 Å². The minimum atomic E-state index is -0.135. The van der Waals surface area contributed by atoms with Crippen molar-refractivity contribution in [1.29, 1.82) is 0 Å². The first-order valence-corrected chi connectivity index (χ1v) is 6.73. The summed E-state index contributed by atoms with van der Waals surface area (Å²) in [5.41, 5.74) is 0. The van der Waals surface area contributed by atoms with Crippen molar-refractivity contribution in [2.24, 2.45) is 0 Å². The lowest BCUT2D eigenvalue weighted by molar-refractivity contribution is -0.151. The van der Waals surface area contributed by atoms with Crippen LogP contribution in [0, 0.1) is 0 Å². The van der Waals surface area contributed by atoms with Crippen LogP contribution in [0.4, 0.5) is 0 Å². The molecule has 1 aromatic carbocycles. The Bertz CT molecular complexity index is 484. The number of benzene rings is 1. The second-order valence-corrected chi connectivity index (χ2v) is 4.81. The monoisotopic (exact) mass is 258 g/mol. The summed E-state index contributed by atoms with van der Waals surface area (Å²) < 4.78 is 13.9. The van der Waals surface area contributed by atoms with Gasteiger partial charge in [0.2, 0.25) is 0 Å². The molecule has 4 nitrogen and oxygen atoms in total. The van der Waals surface area contributed by atoms with E-state index in [1.54, 1.807) is 6.20 Å². The molecule has 3 rings (SSSR count). The molecule has 0 radical (unpaired) electrons. The molecule has 2 atom stereocenters. The highest BCUT2D eigenvalue weighted by atomic mass is 16.7. The fourth-order valence-electron chi connectivity index (χ4n) is 2.36. The summed E-state index contributed by atoms with van der Waals surface area (Å²) in [5, 5.41) is 0. The molecule has 1 aromatic heterocycles. The fourth-order valence-corrected chi connectivity index (χ4v) is 2.36. The summed E-state index contributed by atoms with van der Waals surface area (Å²) in [5.74, 6) is 0.871. The first kappa shape index (κ1) is 12.2. The lowest BCUT2D eigenvalue weighted by Gasteiger charge is -2.30. The minimum absolute atomic E-state index is 0.135. The highest BCUT2D eigenvalue weighted by Gasteiger charge is 2.23. The van der Waals surface area contributed by atoms with Crippen molar-refractivity contribution >= 4 is 0 Å². The second kappa shape index (κ2) is 5.89. The van der Waals surface area contributed by atoms with E-state index in [-0.39, 0.29) is 12.4 Å². The molecule has 2 aromatic rings. The van der Waals surface area contributed by atoms with E-state index in [1.165, 1.54) is 0 Å². The van der Waals surface area contributed by atoms with Crippen molar-refractivity contribution in [2.45, 2.75) is 38.2 Å². The standard InChI is InChI=1S/C15H18N2O2/c1-2-5-13(6-3-1)18-15-8-4-7-14(19-15)11-17-10-9-16-12-17/h1-3,5-6,9-10,12,14-15H,4,7-8,11H2/t14-,15-/m1/s1. The van der Waals surface area contributed by atoms with E-state index < -0.39 is 0 Å². The van der Waals surface area contributed by atoms with E-state index >= 15 is 0 Å². The fraction of sp³-hybridized carbons (Fsp3) is 0.400. The van der Waals surface area contributed by atoms with Crippen LogP contribution in [-0.2, 0) is 11.3 Å².